The van der Waals surface area contributed by atoms with Crippen molar-refractivity contribution in [1.29, 1.82) is 0 Å². The van der Waals surface area contributed by atoms with Crippen molar-refractivity contribution in [3.63, 3.8) is 0 Å². The lowest BCUT2D eigenvalue weighted by Gasteiger charge is -2.37. The number of H-pyrrole nitrogens is 1. The van der Waals surface area contributed by atoms with Crippen LogP contribution in [-0.4, -0.2) is 36.3 Å². The number of nitrogens with zero attached hydrogens (tertiary/aromatic N) is 2. The van der Waals surface area contributed by atoms with Gasteiger partial charge in [-0.3, -0.25) is 5.10 Å². The van der Waals surface area contributed by atoms with Crippen LogP contribution in [0.3, 0.4) is 0 Å². The summed E-state index contributed by atoms with van der Waals surface area (Å²) < 4.78 is 5.97. The Kier molecular flexibility index (Phi) is 2.41. The molecular formula is C16H15N5O4. The summed E-state index contributed by atoms with van der Waals surface area (Å²) in [4.78, 5) is 4.24. The second-order valence-corrected chi connectivity index (χ2v) is 6.56. The Bertz CT molecular complexity index is 1060. The van der Waals surface area contributed by atoms with Crippen molar-refractivity contribution in [2.45, 2.75) is 24.5 Å². The van der Waals surface area contributed by atoms with E-state index in [1.807, 2.05) is 0 Å². The molecule has 0 radical (unpaired) electrons. The van der Waals surface area contributed by atoms with Gasteiger partial charge in [-0.2, -0.15) is 5.10 Å². The number of phenols is 2. The highest BCUT2D eigenvalue weighted by Gasteiger charge is 2.51. The second-order valence-electron chi connectivity index (χ2n) is 6.56. The molecule has 9 heteroatoms. The fraction of sp³-hybridized carbons (Fsp3) is 0.250. The van der Waals surface area contributed by atoms with Crippen LogP contribution in [0.25, 0.3) is 11.0 Å². The van der Waals surface area contributed by atoms with Crippen molar-refractivity contribution in [3.8, 4) is 17.2 Å². The summed E-state index contributed by atoms with van der Waals surface area (Å²) >= 11 is 0. The normalized spacial score (nSPS) is 23.8. The second kappa shape index (κ2) is 4.25. The predicted molar refractivity (Wildman–Crippen MR) is 88.2 cm³/mol. The molecule has 0 spiro atoms. The molecule has 9 nitrogen and oxygen atoms in total. The smallest absolute Gasteiger partial charge is 0.219 e. The van der Waals surface area contributed by atoms with Gasteiger partial charge < -0.3 is 31.5 Å². The van der Waals surface area contributed by atoms with Crippen LogP contribution in [0.5, 0.6) is 17.2 Å². The highest BCUT2D eigenvalue weighted by atomic mass is 16.6. The highest BCUT2D eigenvalue weighted by molar-refractivity contribution is 5.95. The molecule has 0 fully saturated rings. The molecule has 3 aromatic rings. The third kappa shape index (κ3) is 1.70. The average Bonchev–Trinajstić information content (AvgIpc) is 3.03. The van der Waals surface area contributed by atoms with Gasteiger partial charge in [0.2, 0.25) is 5.79 Å². The molecule has 0 bridgehead atoms. The van der Waals surface area contributed by atoms with Gasteiger partial charge in [0, 0.05) is 12.0 Å². The maximum absolute atomic E-state index is 11.1. The van der Waals surface area contributed by atoms with E-state index in [9.17, 15) is 15.3 Å². The summed E-state index contributed by atoms with van der Waals surface area (Å²) in [6.07, 6.45) is 0.532. The molecule has 0 saturated heterocycles. The van der Waals surface area contributed by atoms with Gasteiger partial charge in [-0.15, -0.1) is 0 Å². The zero-order chi connectivity index (χ0) is 17.5. The number of nitrogens with two attached hydrogens (primary N) is 2. The number of aliphatic hydroxyl groups is 1. The fourth-order valence-corrected chi connectivity index (χ4v) is 3.92. The van der Waals surface area contributed by atoms with Crippen LogP contribution in [0.15, 0.2) is 12.1 Å². The van der Waals surface area contributed by atoms with Gasteiger partial charge in [0.25, 0.3) is 0 Å². The Hall–Kier alpha value is -3.20. The molecular weight excluding hydrogens is 326 g/mol. The van der Waals surface area contributed by atoms with Crippen molar-refractivity contribution in [3.05, 3.63) is 28.8 Å². The lowest BCUT2D eigenvalue weighted by atomic mass is 9.87. The van der Waals surface area contributed by atoms with E-state index in [1.165, 1.54) is 12.1 Å². The van der Waals surface area contributed by atoms with E-state index in [4.69, 9.17) is 16.2 Å². The van der Waals surface area contributed by atoms with E-state index in [0.29, 0.717) is 39.9 Å². The fourth-order valence-electron chi connectivity index (χ4n) is 3.92. The molecule has 2 aromatic heterocycles. The molecule has 2 aliphatic rings. The molecule has 1 aliphatic carbocycles. The molecule has 25 heavy (non-hydrogen) atoms. The Morgan fingerprint density at radius 1 is 1.24 bits per heavy atom. The minimum Gasteiger partial charge on any atom is -0.504 e. The molecule has 2 atom stereocenters. The number of fused-ring (bicyclic) bond motifs is 6. The number of aromatic nitrogens is 3. The van der Waals surface area contributed by atoms with E-state index < -0.39 is 11.7 Å². The number of hydrogen-bond acceptors (Lipinski definition) is 8. The zero-order valence-corrected chi connectivity index (χ0v) is 12.9. The zero-order valence-electron chi connectivity index (χ0n) is 12.9. The first-order chi connectivity index (χ1) is 11.9. The number of aromatic hydroxyl groups is 2. The van der Waals surface area contributed by atoms with Gasteiger partial charge in [0.05, 0.1) is 5.92 Å². The molecule has 0 amide bonds. The van der Waals surface area contributed by atoms with Crippen LogP contribution in [0.4, 0.5) is 11.6 Å². The number of ether oxygens (including phenoxy) is 1. The van der Waals surface area contributed by atoms with Crippen molar-refractivity contribution < 1.29 is 20.1 Å². The van der Waals surface area contributed by atoms with Gasteiger partial charge in [-0.05, 0) is 29.7 Å². The number of benzene rings is 1. The van der Waals surface area contributed by atoms with E-state index >= 15 is 0 Å². The molecule has 0 saturated carbocycles. The quantitative estimate of drug-likeness (QED) is 0.322. The summed E-state index contributed by atoms with van der Waals surface area (Å²) in [6.45, 7) is 0. The Morgan fingerprint density at radius 2 is 2.00 bits per heavy atom. The molecule has 128 valence electrons. The molecule has 1 aliphatic heterocycles. The predicted octanol–water partition coefficient (Wildman–Crippen LogP) is 0.497. The lowest BCUT2D eigenvalue weighted by molar-refractivity contribution is -0.154. The topological polar surface area (TPSA) is 164 Å². The summed E-state index contributed by atoms with van der Waals surface area (Å²) in [5, 5.41) is 37.8. The Balaban J connectivity index is 1.73. The first-order valence-corrected chi connectivity index (χ1v) is 7.75. The van der Waals surface area contributed by atoms with E-state index in [2.05, 4.69) is 15.2 Å². The maximum atomic E-state index is 11.1. The number of aromatic amines is 1. The molecule has 3 heterocycles. The largest absolute Gasteiger partial charge is 0.504 e. The third-order valence-corrected chi connectivity index (χ3v) is 5.10. The first kappa shape index (κ1) is 14.2. The Morgan fingerprint density at radius 3 is 2.80 bits per heavy atom. The minimum absolute atomic E-state index is 0.168. The number of phenolic OH excluding ortho intramolecular Hbond substituents is 2. The monoisotopic (exact) mass is 341 g/mol. The maximum Gasteiger partial charge on any atom is 0.219 e. The van der Waals surface area contributed by atoms with Crippen molar-refractivity contribution >= 4 is 22.7 Å². The van der Waals surface area contributed by atoms with Gasteiger partial charge in [0.15, 0.2) is 17.1 Å². The summed E-state index contributed by atoms with van der Waals surface area (Å²) in [5.74, 6) is -1.54. The van der Waals surface area contributed by atoms with Crippen molar-refractivity contribution in [1.82, 2.24) is 15.2 Å². The summed E-state index contributed by atoms with van der Waals surface area (Å²) in [7, 11) is 0. The first-order valence-electron chi connectivity index (χ1n) is 7.75. The van der Waals surface area contributed by atoms with Crippen LogP contribution in [0.1, 0.15) is 22.6 Å². The lowest BCUT2D eigenvalue weighted by Crippen LogP contribution is -2.44. The van der Waals surface area contributed by atoms with Crippen LogP contribution >= 0.6 is 0 Å². The van der Waals surface area contributed by atoms with Crippen molar-refractivity contribution in [2.24, 2.45) is 0 Å². The molecule has 8 N–H and O–H groups in total. The summed E-state index contributed by atoms with van der Waals surface area (Å²) in [5.41, 5.74) is 14.4. The molecule has 1 unspecified atom stereocenters. The van der Waals surface area contributed by atoms with Gasteiger partial charge in [-0.25, -0.2) is 4.98 Å². The highest BCUT2D eigenvalue weighted by Crippen LogP contribution is 2.53. The number of pyridine rings is 1. The Labute approximate surface area is 140 Å². The number of nitrogens with one attached hydrogen (secondary N) is 1. The number of nitrogen functional groups attached to an aromatic ring is 2. The summed E-state index contributed by atoms with van der Waals surface area (Å²) in [6, 6.07) is 2.90. The van der Waals surface area contributed by atoms with Crippen LogP contribution in [0, 0.1) is 0 Å². The minimum atomic E-state index is -1.53. The average molecular weight is 341 g/mol. The van der Waals surface area contributed by atoms with Gasteiger partial charge >= 0.3 is 0 Å². The molecule has 1 aromatic carbocycles. The van der Waals surface area contributed by atoms with E-state index in [-0.39, 0.29) is 29.6 Å². The number of anilines is 2. The van der Waals surface area contributed by atoms with E-state index in [0.717, 1.165) is 0 Å². The van der Waals surface area contributed by atoms with Crippen LogP contribution in [0.2, 0.25) is 0 Å². The van der Waals surface area contributed by atoms with Gasteiger partial charge in [-0.1, -0.05) is 0 Å². The van der Waals surface area contributed by atoms with Crippen LogP contribution < -0.4 is 16.2 Å². The molecule has 5 rings (SSSR count). The SMILES string of the molecule is Nc1nc2n[nH]c(N)c2c2c1CC1c3cc(O)c(O)cc3C[C@]1(O)O2. The van der Waals surface area contributed by atoms with Crippen LogP contribution in [-0.2, 0) is 12.8 Å². The number of hydrogen-bond donors (Lipinski definition) is 6. The van der Waals surface area contributed by atoms with Gasteiger partial charge in [0.1, 0.15) is 22.8 Å². The third-order valence-electron chi connectivity index (χ3n) is 5.10. The van der Waals surface area contributed by atoms with Crippen molar-refractivity contribution in [2.75, 3.05) is 11.5 Å². The van der Waals surface area contributed by atoms with E-state index in [1.54, 1.807) is 0 Å². The number of rotatable bonds is 0. The standard InChI is InChI=1S/C16H15N5O4/c17-13-7-2-8-6-3-10(23)9(22)1-5(6)4-16(8,24)25-12(7)11-14(18)20-21-15(11)19-13/h1,3,8,22-24H,2,4H2,(H5,17,18,19,20,21)/t8?,16-/m0/s1.